The van der Waals surface area contributed by atoms with E-state index in [1.807, 2.05) is 6.92 Å². The average Bonchev–Trinajstić information content (AvgIpc) is 2.42. The molecule has 0 aliphatic rings. The van der Waals surface area contributed by atoms with E-state index >= 15 is 0 Å². The molecule has 0 aliphatic carbocycles. The highest BCUT2D eigenvalue weighted by molar-refractivity contribution is 5.84. The van der Waals surface area contributed by atoms with Gasteiger partial charge in [-0.15, -0.1) is 0 Å². The van der Waals surface area contributed by atoms with Gasteiger partial charge < -0.3 is 15.2 Å². The zero-order valence-corrected chi connectivity index (χ0v) is 11.4. The number of carboxylic acid groups (broad SMARTS) is 1. The van der Waals surface area contributed by atoms with E-state index in [1.165, 1.54) is 18.2 Å². The largest absolute Gasteiger partial charge is 0.481 e. The summed E-state index contributed by atoms with van der Waals surface area (Å²) in [6.07, 6.45) is 0.616. The van der Waals surface area contributed by atoms with Gasteiger partial charge in [-0.25, -0.2) is 9.18 Å². The number of amides is 1. The van der Waals surface area contributed by atoms with E-state index in [1.54, 1.807) is 13.0 Å². The maximum absolute atomic E-state index is 13.3. The molecule has 1 amide bonds. The van der Waals surface area contributed by atoms with Gasteiger partial charge in [-0.2, -0.15) is 0 Å². The minimum atomic E-state index is -1.10. The Morgan fingerprint density at radius 3 is 2.60 bits per heavy atom. The summed E-state index contributed by atoms with van der Waals surface area (Å²) in [7, 11) is 0. The molecule has 0 saturated heterocycles. The third kappa shape index (κ3) is 4.53. The lowest BCUT2D eigenvalue weighted by atomic mass is 9.99. The highest BCUT2D eigenvalue weighted by Gasteiger charge is 2.25. The molecule has 2 unspecified atom stereocenters. The Labute approximate surface area is 116 Å². The molecule has 6 heteroatoms. The predicted octanol–water partition coefficient (Wildman–Crippen LogP) is 1.82. The Balaban J connectivity index is 2.55. The van der Waals surface area contributed by atoms with Gasteiger partial charge in [0.1, 0.15) is 6.04 Å². The molecular weight excluding hydrogens is 265 g/mol. The lowest BCUT2D eigenvalue weighted by molar-refractivity contribution is -0.143. The van der Waals surface area contributed by atoms with Crippen molar-refractivity contribution in [3.8, 4) is 5.75 Å². The van der Waals surface area contributed by atoms with E-state index in [4.69, 9.17) is 9.84 Å². The Hall–Kier alpha value is -2.11. The number of hydrogen-bond acceptors (Lipinski definition) is 3. The normalized spacial score (nSPS) is 13.3. The molecule has 20 heavy (non-hydrogen) atoms. The number of aliphatic carboxylic acids is 1. The van der Waals surface area contributed by atoms with Gasteiger partial charge in [0.15, 0.2) is 18.2 Å². The van der Waals surface area contributed by atoms with Gasteiger partial charge in [-0.05, 0) is 18.1 Å². The van der Waals surface area contributed by atoms with Crippen LogP contribution in [-0.2, 0) is 9.59 Å². The molecule has 110 valence electrons. The average molecular weight is 283 g/mol. The van der Waals surface area contributed by atoms with E-state index in [-0.39, 0.29) is 11.7 Å². The first kappa shape index (κ1) is 15.9. The number of carboxylic acids is 1. The number of para-hydroxylation sites is 1. The number of rotatable bonds is 7. The third-order valence-electron chi connectivity index (χ3n) is 2.99. The lowest BCUT2D eigenvalue weighted by Crippen LogP contribution is -2.46. The second-order valence-electron chi connectivity index (χ2n) is 4.49. The number of benzene rings is 1. The number of carbonyl (C=O) groups excluding carboxylic acids is 1. The first-order valence-corrected chi connectivity index (χ1v) is 6.35. The number of carbonyl (C=O) groups is 2. The van der Waals surface area contributed by atoms with Crippen LogP contribution in [0.2, 0.25) is 0 Å². The molecule has 0 bridgehead atoms. The maximum atomic E-state index is 13.3. The van der Waals surface area contributed by atoms with Crippen LogP contribution in [0.1, 0.15) is 20.3 Å². The zero-order chi connectivity index (χ0) is 15.1. The van der Waals surface area contributed by atoms with Crippen LogP contribution in [0.5, 0.6) is 5.75 Å². The molecule has 0 aliphatic heterocycles. The summed E-state index contributed by atoms with van der Waals surface area (Å²) < 4.78 is 18.3. The van der Waals surface area contributed by atoms with Gasteiger partial charge in [0, 0.05) is 0 Å². The highest BCUT2D eigenvalue weighted by atomic mass is 19.1. The van der Waals surface area contributed by atoms with Gasteiger partial charge >= 0.3 is 5.97 Å². The Morgan fingerprint density at radius 2 is 2.05 bits per heavy atom. The van der Waals surface area contributed by atoms with Gasteiger partial charge in [-0.1, -0.05) is 32.4 Å². The number of nitrogens with one attached hydrogen (secondary N) is 1. The molecule has 0 fully saturated rings. The SMILES string of the molecule is CCC(C)C(NC(=O)COc1ccccc1F)C(=O)O. The summed E-state index contributed by atoms with van der Waals surface area (Å²) in [6, 6.07) is 4.72. The summed E-state index contributed by atoms with van der Waals surface area (Å²) in [5.41, 5.74) is 0. The number of hydrogen-bond donors (Lipinski definition) is 2. The molecule has 1 aromatic carbocycles. The molecule has 1 rings (SSSR count). The van der Waals surface area contributed by atoms with E-state index in [0.29, 0.717) is 6.42 Å². The molecule has 0 heterocycles. The fraction of sp³-hybridized carbons (Fsp3) is 0.429. The van der Waals surface area contributed by atoms with E-state index < -0.39 is 30.3 Å². The van der Waals surface area contributed by atoms with Crippen LogP contribution >= 0.6 is 0 Å². The number of ether oxygens (including phenoxy) is 1. The van der Waals surface area contributed by atoms with Crippen molar-refractivity contribution in [3.05, 3.63) is 30.1 Å². The summed E-state index contributed by atoms with van der Waals surface area (Å²) in [4.78, 5) is 22.7. The summed E-state index contributed by atoms with van der Waals surface area (Å²) >= 11 is 0. The van der Waals surface area contributed by atoms with Gasteiger partial charge in [0.25, 0.3) is 5.91 Å². The van der Waals surface area contributed by atoms with Crippen LogP contribution in [0.4, 0.5) is 4.39 Å². The molecular formula is C14H18FNO4. The van der Waals surface area contributed by atoms with Gasteiger partial charge in [-0.3, -0.25) is 4.79 Å². The van der Waals surface area contributed by atoms with Crippen LogP contribution in [0.15, 0.2) is 24.3 Å². The van der Waals surface area contributed by atoms with Crippen molar-refractivity contribution < 1.29 is 23.8 Å². The topological polar surface area (TPSA) is 75.6 Å². The molecule has 0 aromatic heterocycles. The molecule has 2 atom stereocenters. The van der Waals surface area contributed by atoms with Crippen LogP contribution in [0.3, 0.4) is 0 Å². The van der Waals surface area contributed by atoms with Crippen molar-refractivity contribution in [2.45, 2.75) is 26.3 Å². The van der Waals surface area contributed by atoms with Crippen molar-refractivity contribution in [2.75, 3.05) is 6.61 Å². The van der Waals surface area contributed by atoms with E-state index in [2.05, 4.69) is 5.32 Å². The molecule has 0 saturated carbocycles. The summed E-state index contributed by atoms with van der Waals surface area (Å²) in [5.74, 6) is -2.51. The van der Waals surface area contributed by atoms with Crippen LogP contribution in [-0.4, -0.2) is 29.6 Å². The first-order chi connectivity index (χ1) is 9.45. The minimum Gasteiger partial charge on any atom is -0.481 e. The lowest BCUT2D eigenvalue weighted by Gasteiger charge is -2.20. The fourth-order valence-corrected chi connectivity index (χ4v) is 1.60. The Morgan fingerprint density at radius 1 is 1.40 bits per heavy atom. The van der Waals surface area contributed by atoms with E-state index in [9.17, 15) is 14.0 Å². The standard InChI is InChI=1S/C14H18FNO4/c1-3-9(2)13(14(18)19)16-12(17)8-20-11-7-5-4-6-10(11)15/h4-7,9,13H,3,8H2,1-2H3,(H,16,17)(H,18,19). The summed E-state index contributed by atoms with van der Waals surface area (Å²) in [5, 5.41) is 11.4. The van der Waals surface area contributed by atoms with Crippen LogP contribution < -0.4 is 10.1 Å². The zero-order valence-electron chi connectivity index (χ0n) is 11.4. The fourth-order valence-electron chi connectivity index (χ4n) is 1.60. The van der Waals surface area contributed by atoms with Gasteiger partial charge in [0.2, 0.25) is 0 Å². The van der Waals surface area contributed by atoms with Crippen LogP contribution in [0.25, 0.3) is 0 Å². The summed E-state index contributed by atoms with van der Waals surface area (Å²) in [6.45, 7) is 3.14. The highest BCUT2D eigenvalue weighted by Crippen LogP contribution is 2.15. The second-order valence-corrected chi connectivity index (χ2v) is 4.49. The molecule has 0 spiro atoms. The van der Waals surface area contributed by atoms with Crippen molar-refractivity contribution >= 4 is 11.9 Å². The Bertz CT molecular complexity index is 478. The quantitative estimate of drug-likeness (QED) is 0.800. The van der Waals surface area contributed by atoms with Gasteiger partial charge in [0.05, 0.1) is 0 Å². The molecule has 2 N–H and O–H groups in total. The van der Waals surface area contributed by atoms with Crippen molar-refractivity contribution in [3.63, 3.8) is 0 Å². The molecule has 1 aromatic rings. The monoisotopic (exact) mass is 283 g/mol. The van der Waals surface area contributed by atoms with Crippen molar-refractivity contribution in [1.29, 1.82) is 0 Å². The second kappa shape index (κ2) is 7.47. The maximum Gasteiger partial charge on any atom is 0.326 e. The predicted molar refractivity (Wildman–Crippen MR) is 70.9 cm³/mol. The number of halogens is 1. The Kier molecular flexibility index (Phi) is 5.96. The van der Waals surface area contributed by atoms with Crippen molar-refractivity contribution in [1.82, 2.24) is 5.32 Å². The van der Waals surface area contributed by atoms with E-state index in [0.717, 1.165) is 0 Å². The molecule has 0 radical (unpaired) electrons. The van der Waals surface area contributed by atoms with Crippen molar-refractivity contribution in [2.24, 2.45) is 5.92 Å². The smallest absolute Gasteiger partial charge is 0.326 e. The third-order valence-corrected chi connectivity index (χ3v) is 2.99. The first-order valence-electron chi connectivity index (χ1n) is 6.35. The van der Waals surface area contributed by atoms with Crippen LogP contribution in [0, 0.1) is 11.7 Å². The molecule has 5 nitrogen and oxygen atoms in total. The minimum absolute atomic E-state index is 0.0435.